The summed E-state index contributed by atoms with van der Waals surface area (Å²) in [5.41, 5.74) is -0.490. The van der Waals surface area contributed by atoms with Gasteiger partial charge in [0, 0.05) is 42.3 Å². The lowest BCUT2D eigenvalue weighted by Gasteiger charge is -2.45. The number of rotatable bonds is 1. The Hall–Kier alpha value is -1.75. The summed E-state index contributed by atoms with van der Waals surface area (Å²) < 4.78 is 55.1. The summed E-state index contributed by atoms with van der Waals surface area (Å²) in [5, 5.41) is 3.80. The summed E-state index contributed by atoms with van der Waals surface area (Å²) in [7, 11) is 0. The van der Waals surface area contributed by atoms with Gasteiger partial charge in [0.05, 0.1) is 0 Å². The predicted octanol–water partition coefficient (Wildman–Crippen LogP) is 2.94. The van der Waals surface area contributed by atoms with Crippen LogP contribution in [0.2, 0.25) is 6.82 Å². The number of fused-ring (bicyclic) bond motifs is 3. The molecule has 2 aromatic rings. The molecule has 0 N–H and O–H groups in total. The van der Waals surface area contributed by atoms with Gasteiger partial charge in [-0.1, -0.05) is 26.5 Å². The number of pyridine rings is 1. The van der Waals surface area contributed by atoms with Crippen molar-refractivity contribution in [1.82, 2.24) is 14.9 Å². The normalized spacial score (nSPS) is 29.6. The molecule has 2 aliphatic heterocycles. The van der Waals surface area contributed by atoms with E-state index in [2.05, 4.69) is 11.0 Å². The second-order valence-corrected chi connectivity index (χ2v) is 8.08. The largest absolute Gasteiger partial charge is 0.436 e. The van der Waals surface area contributed by atoms with Gasteiger partial charge in [-0.25, -0.2) is 9.99 Å². The third-order valence-corrected chi connectivity index (χ3v) is 5.50. The molecule has 4 nitrogen and oxygen atoms in total. The molecule has 0 spiro atoms. The molecule has 0 bridgehead atoms. The van der Waals surface area contributed by atoms with Gasteiger partial charge in [-0.05, 0) is 51.7 Å². The number of aryl methyl sites for hydroxylation is 1. The Morgan fingerprint density at radius 3 is 2.80 bits per heavy atom. The fraction of sp³-hybridized carbons (Fsp3) is 0.550. The SMILES string of the molecule is [2H]C([2H])([2H])C1(C([2H])([2H])[2H])CC(C)(C)N(N2C=c3oc4nc(C)ccc4c3=CB2C)C1C. The van der Waals surface area contributed by atoms with Crippen LogP contribution in [0, 0.1) is 12.3 Å². The maximum atomic E-state index is 8.19. The van der Waals surface area contributed by atoms with Gasteiger partial charge >= 0.3 is 0 Å². The highest BCUT2D eigenvalue weighted by Crippen LogP contribution is 2.47. The van der Waals surface area contributed by atoms with Crippen LogP contribution in [0.3, 0.4) is 0 Å². The lowest BCUT2D eigenvalue weighted by atomic mass is 9.62. The van der Waals surface area contributed by atoms with Crippen molar-refractivity contribution in [1.29, 1.82) is 0 Å². The van der Waals surface area contributed by atoms with Crippen LogP contribution in [0.5, 0.6) is 0 Å². The monoisotopic (exact) mass is 343 g/mol. The van der Waals surface area contributed by atoms with Crippen molar-refractivity contribution in [3.63, 3.8) is 0 Å². The zero-order valence-electron chi connectivity index (χ0n) is 21.4. The molecule has 25 heavy (non-hydrogen) atoms. The van der Waals surface area contributed by atoms with E-state index in [0.717, 1.165) is 16.3 Å². The third-order valence-electron chi connectivity index (χ3n) is 5.50. The van der Waals surface area contributed by atoms with E-state index >= 15 is 0 Å². The molecule has 0 aromatic carbocycles. The van der Waals surface area contributed by atoms with Gasteiger partial charge in [-0.15, -0.1) is 0 Å². The Balaban J connectivity index is 1.88. The molecule has 4 rings (SSSR count). The van der Waals surface area contributed by atoms with Crippen molar-refractivity contribution in [3.05, 3.63) is 28.5 Å². The number of furan rings is 1. The van der Waals surface area contributed by atoms with E-state index in [1.165, 1.54) is 0 Å². The van der Waals surface area contributed by atoms with Crippen LogP contribution in [0.1, 0.15) is 54.8 Å². The first-order valence-electron chi connectivity index (χ1n) is 11.8. The summed E-state index contributed by atoms with van der Waals surface area (Å²) in [6.07, 6.45) is 1.88. The average Bonchev–Trinajstić information content (AvgIpc) is 3.04. The minimum absolute atomic E-state index is 0.0268. The Morgan fingerprint density at radius 1 is 1.36 bits per heavy atom. The second-order valence-electron chi connectivity index (χ2n) is 8.08. The Labute approximate surface area is 158 Å². The smallest absolute Gasteiger partial charge is 0.296 e. The zero-order valence-corrected chi connectivity index (χ0v) is 15.4. The van der Waals surface area contributed by atoms with Crippen molar-refractivity contribution in [2.24, 2.45) is 5.41 Å². The fourth-order valence-electron chi connectivity index (χ4n) is 4.35. The number of aromatic nitrogens is 1. The van der Waals surface area contributed by atoms with Gasteiger partial charge < -0.3 is 9.34 Å². The van der Waals surface area contributed by atoms with Gasteiger partial charge in [-0.2, -0.15) is 0 Å². The Kier molecular flexibility index (Phi) is 2.27. The molecule has 5 heteroatoms. The first-order valence-corrected chi connectivity index (χ1v) is 8.78. The topological polar surface area (TPSA) is 32.5 Å². The van der Waals surface area contributed by atoms with E-state index in [1.54, 1.807) is 6.92 Å². The minimum atomic E-state index is -2.64. The van der Waals surface area contributed by atoms with E-state index < -0.39 is 30.7 Å². The Morgan fingerprint density at radius 2 is 2.12 bits per heavy atom. The fourth-order valence-corrected chi connectivity index (χ4v) is 4.35. The molecule has 0 radical (unpaired) electrons. The van der Waals surface area contributed by atoms with Crippen LogP contribution in [-0.2, 0) is 0 Å². The standard InChI is InChI=1S/C20H28BN3O/c1-13-8-9-15-16-10-21(7)23(11-17(16)25-18(15)22-13)24-14(2)19(3,4)12-20(24,5)6/h8-11,14H,12H2,1-7H3/i3D3,4D3. The lowest BCUT2D eigenvalue weighted by molar-refractivity contribution is 0.00194. The minimum Gasteiger partial charge on any atom is -0.436 e. The Bertz CT molecular complexity index is 1140. The van der Waals surface area contributed by atoms with Crippen molar-refractivity contribution in [3.8, 4) is 0 Å². The third kappa shape index (κ3) is 2.43. The first kappa shape index (κ1) is 11.1. The molecule has 0 amide bonds. The average molecular weight is 343 g/mol. The highest BCUT2D eigenvalue weighted by atomic mass is 16.3. The quantitative estimate of drug-likeness (QED) is 0.746. The molecule has 0 saturated carbocycles. The molecule has 2 aliphatic rings. The van der Waals surface area contributed by atoms with Crippen molar-refractivity contribution in [2.45, 2.75) is 66.2 Å². The van der Waals surface area contributed by atoms with Crippen LogP contribution < -0.4 is 10.6 Å². The molecule has 1 saturated heterocycles. The van der Waals surface area contributed by atoms with Crippen molar-refractivity contribution >= 4 is 30.1 Å². The summed E-state index contributed by atoms with van der Waals surface area (Å²) in [4.78, 5) is 6.40. The first-order chi connectivity index (χ1) is 14.1. The zero-order chi connectivity index (χ0) is 23.1. The summed E-state index contributed by atoms with van der Waals surface area (Å²) in [6.45, 7) is 4.03. The second kappa shape index (κ2) is 5.13. The lowest BCUT2D eigenvalue weighted by Crippen LogP contribution is -2.58. The highest BCUT2D eigenvalue weighted by molar-refractivity contribution is 6.70. The molecule has 0 aliphatic carbocycles. The molecule has 2 aromatic heterocycles. The van der Waals surface area contributed by atoms with Gasteiger partial charge in [0.2, 0.25) is 5.71 Å². The highest BCUT2D eigenvalue weighted by Gasteiger charge is 2.51. The van der Waals surface area contributed by atoms with E-state index in [1.807, 2.05) is 55.9 Å². The molecular weight excluding hydrogens is 309 g/mol. The molecule has 1 unspecified atom stereocenters. The summed E-state index contributed by atoms with van der Waals surface area (Å²) in [6, 6.07) is 3.18. The van der Waals surface area contributed by atoms with Gasteiger partial charge in [0.15, 0.2) is 5.42 Å². The van der Waals surface area contributed by atoms with Crippen LogP contribution in [-0.4, -0.2) is 33.3 Å². The summed E-state index contributed by atoms with van der Waals surface area (Å²) in [5.74, 6) is 2.06. The van der Waals surface area contributed by atoms with Crippen LogP contribution in [0.15, 0.2) is 16.5 Å². The van der Waals surface area contributed by atoms with Gasteiger partial charge in [0.1, 0.15) is 0 Å². The van der Waals surface area contributed by atoms with Gasteiger partial charge in [-0.3, -0.25) is 0 Å². The van der Waals surface area contributed by atoms with E-state index in [9.17, 15) is 0 Å². The number of hydrogen-bond donors (Lipinski definition) is 0. The number of hydrogen-bond acceptors (Lipinski definition) is 4. The van der Waals surface area contributed by atoms with E-state index in [-0.39, 0.29) is 13.3 Å². The van der Waals surface area contributed by atoms with Crippen LogP contribution in [0.4, 0.5) is 0 Å². The number of nitrogens with zero attached hydrogens (tertiary/aromatic N) is 3. The molecular formula is C20H28BN3O. The van der Waals surface area contributed by atoms with E-state index in [4.69, 9.17) is 12.6 Å². The predicted molar refractivity (Wildman–Crippen MR) is 104 cm³/mol. The molecule has 1 fully saturated rings. The van der Waals surface area contributed by atoms with Crippen LogP contribution in [0.25, 0.3) is 23.3 Å². The summed E-state index contributed by atoms with van der Waals surface area (Å²) >= 11 is 0. The van der Waals surface area contributed by atoms with Gasteiger partial charge in [0.25, 0.3) is 6.85 Å². The number of hydrazine groups is 1. The molecule has 4 heterocycles. The van der Waals surface area contributed by atoms with E-state index in [0.29, 0.717) is 11.1 Å². The van der Waals surface area contributed by atoms with Crippen LogP contribution >= 0.6 is 0 Å². The maximum Gasteiger partial charge on any atom is 0.296 e. The van der Waals surface area contributed by atoms with Crippen molar-refractivity contribution in [2.75, 3.05) is 0 Å². The van der Waals surface area contributed by atoms with Crippen molar-refractivity contribution < 1.29 is 12.6 Å². The molecule has 1 atom stereocenters. The molecule has 132 valence electrons. The maximum absolute atomic E-state index is 8.19.